The van der Waals surface area contributed by atoms with Gasteiger partial charge in [0.2, 0.25) is 5.89 Å². The Morgan fingerprint density at radius 2 is 2.08 bits per heavy atom. The molecule has 2 heterocycles. The molecule has 0 saturated heterocycles. The van der Waals surface area contributed by atoms with Gasteiger partial charge in [0, 0.05) is 13.6 Å². The maximum atomic E-state index is 5.52. The zero-order valence-electron chi connectivity index (χ0n) is 14.9. The van der Waals surface area contributed by atoms with E-state index in [0.29, 0.717) is 12.4 Å². The Kier molecular flexibility index (Phi) is 6.27. The van der Waals surface area contributed by atoms with Crippen LogP contribution < -0.4 is 15.4 Å². The third-order valence-corrected chi connectivity index (χ3v) is 4.67. The molecule has 0 spiro atoms. The summed E-state index contributed by atoms with van der Waals surface area (Å²) in [6, 6.07) is 12.1. The van der Waals surface area contributed by atoms with E-state index in [-0.39, 0.29) is 0 Å². The minimum Gasteiger partial charge on any atom is -0.497 e. The Morgan fingerprint density at radius 3 is 2.77 bits per heavy atom. The van der Waals surface area contributed by atoms with Crippen molar-refractivity contribution < 1.29 is 9.15 Å². The molecule has 6 nitrogen and oxygen atoms in total. The summed E-state index contributed by atoms with van der Waals surface area (Å²) in [5, 5.41) is 8.56. The van der Waals surface area contributed by atoms with E-state index in [0.717, 1.165) is 35.2 Å². The standard InChI is InChI=1S/C19H22N4O2S/c1-20-19(21-10-9-14-5-7-16(24-2)8-6-14)22-12-15-13-25-18(23-15)17-4-3-11-26-17/h3-8,11,13H,9-10,12H2,1-2H3,(H2,20,21,22). The molecule has 3 aromatic rings. The van der Waals surface area contributed by atoms with Gasteiger partial charge in [0.05, 0.1) is 24.2 Å². The second kappa shape index (κ2) is 9.05. The molecule has 1 aromatic carbocycles. The molecule has 0 amide bonds. The first-order chi connectivity index (χ1) is 12.8. The topological polar surface area (TPSA) is 71.7 Å². The van der Waals surface area contributed by atoms with Gasteiger partial charge in [0.25, 0.3) is 0 Å². The number of rotatable bonds is 7. The average molecular weight is 370 g/mol. The van der Waals surface area contributed by atoms with Crippen LogP contribution in [-0.2, 0) is 13.0 Å². The van der Waals surface area contributed by atoms with E-state index in [9.17, 15) is 0 Å². The van der Waals surface area contributed by atoms with E-state index >= 15 is 0 Å². The molecule has 2 N–H and O–H groups in total. The number of methoxy groups -OCH3 is 1. The molecule has 136 valence electrons. The van der Waals surface area contributed by atoms with Crippen LogP contribution in [0.25, 0.3) is 10.8 Å². The third-order valence-electron chi connectivity index (χ3n) is 3.81. The summed E-state index contributed by atoms with van der Waals surface area (Å²) in [6.07, 6.45) is 2.57. The number of aromatic nitrogens is 1. The van der Waals surface area contributed by atoms with E-state index in [4.69, 9.17) is 9.15 Å². The first-order valence-corrected chi connectivity index (χ1v) is 9.22. The van der Waals surface area contributed by atoms with Crippen molar-refractivity contribution in [3.05, 3.63) is 59.3 Å². The van der Waals surface area contributed by atoms with Crippen LogP contribution in [-0.4, -0.2) is 31.6 Å². The van der Waals surface area contributed by atoms with Crippen molar-refractivity contribution in [1.82, 2.24) is 15.6 Å². The highest BCUT2D eigenvalue weighted by atomic mass is 32.1. The number of oxazole rings is 1. The smallest absolute Gasteiger partial charge is 0.236 e. The first-order valence-electron chi connectivity index (χ1n) is 8.34. The fourth-order valence-corrected chi connectivity index (χ4v) is 3.07. The molecule has 0 aliphatic carbocycles. The second-order valence-electron chi connectivity index (χ2n) is 5.57. The van der Waals surface area contributed by atoms with Gasteiger partial charge in [-0.05, 0) is 35.6 Å². The van der Waals surface area contributed by atoms with Gasteiger partial charge in [0.15, 0.2) is 5.96 Å². The fraction of sp³-hybridized carbons (Fsp3) is 0.263. The lowest BCUT2D eigenvalue weighted by atomic mass is 10.1. The first kappa shape index (κ1) is 18.0. The Bertz CT molecular complexity index is 826. The number of benzene rings is 1. The minimum absolute atomic E-state index is 0.553. The summed E-state index contributed by atoms with van der Waals surface area (Å²) in [6.45, 7) is 1.34. The number of nitrogens with zero attached hydrogens (tertiary/aromatic N) is 2. The van der Waals surface area contributed by atoms with Crippen molar-refractivity contribution in [2.75, 3.05) is 20.7 Å². The van der Waals surface area contributed by atoms with Crippen LogP contribution in [0, 0.1) is 0 Å². The molecule has 0 aliphatic heterocycles. The minimum atomic E-state index is 0.553. The molecule has 0 radical (unpaired) electrons. The maximum absolute atomic E-state index is 5.52. The maximum Gasteiger partial charge on any atom is 0.236 e. The van der Waals surface area contributed by atoms with Crippen molar-refractivity contribution in [3.8, 4) is 16.5 Å². The van der Waals surface area contributed by atoms with E-state index < -0.39 is 0 Å². The van der Waals surface area contributed by atoms with Crippen molar-refractivity contribution in [1.29, 1.82) is 0 Å². The van der Waals surface area contributed by atoms with Gasteiger partial charge in [-0.3, -0.25) is 4.99 Å². The largest absolute Gasteiger partial charge is 0.497 e. The third kappa shape index (κ3) is 4.86. The summed E-state index contributed by atoms with van der Waals surface area (Å²) in [4.78, 5) is 9.75. The van der Waals surface area contributed by atoms with Gasteiger partial charge in [-0.1, -0.05) is 18.2 Å². The second-order valence-corrected chi connectivity index (χ2v) is 6.52. The van der Waals surface area contributed by atoms with Crippen LogP contribution in [0.4, 0.5) is 0 Å². The van der Waals surface area contributed by atoms with Gasteiger partial charge in [0.1, 0.15) is 12.0 Å². The quantitative estimate of drug-likeness (QED) is 0.493. The Morgan fingerprint density at radius 1 is 1.23 bits per heavy atom. The predicted octanol–water partition coefficient (Wildman–Crippen LogP) is 3.32. The van der Waals surface area contributed by atoms with E-state index in [2.05, 4.69) is 32.7 Å². The van der Waals surface area contributed by atoms with Crippen molar-refractivity contribution >= 4 is 17.3 Å². The highest BCUT2D eigenvalue weighted by Crippen LogP contribution is 2.23. The summed E-state index contributed by atoms with van der Waals surface area (Å²) in [5.74, 6) is 2.26. The number of thiophene rings is 1. The number of nitrogens with one attached hydrogen (secondary N) is 2. The lowest BCUT2D eigenvalue weighted by Crippen LogP contribution is -2.37. The van der Waals surface area contributed by atoms with Crippen molar-refractivity contribution in [2.45, 2.75) is 13.0 Å². The highest BCUT2D eigenvalue weighted by Gasteiger charge is 2.08. The summed E-state index contributed by atoms with van der Waals surface area (Å²) in [5.41, 5.74) is 2.08. The summed E-state index contributed by atoms with van der Waals surface area (Å²) in [7, 11) is 3.42. The lowest BCUT2D eigenvalue weighted by Gasteiger charge is -2.11. The molecule has 0 aliphatic rings. The molecular formula is C19H22N4O2S. The normalized spacial score (nSPS) is 11.4. The van der Waals surface area contributed by atoms with Crippen LogP contribution in [0.2, 0.25) is 0 Å². The predicted molar refractivity (Wildman–Crippen MR) is 105 cm³/mol. The zero-order valence-corrected chi connectivity index (χ0v) is 15.7. The number of guanidine groups is 1. The molecule has 2 aromatic heterocycles. The fourth-order valence-electron chi connectivity index (χ4n) is 2.41. The number of aliphatic imine (C=N–C) groups is 1. The van der Waals surface area contributed by atoms with Crippen LogP contribution >= 0.6 is 11.3 Å². The summed E-state index contributed by atoms with van der Waals surface area (Å²) < 4.78 is 10.7. The monoisotopic (exact) mass is 370 g/mol. The molecule has 0 atom stereocenters. The van der Waals surface area contributed by atoms with Gasteiger partial charge < -0.3 is 19.8 Å². The van der Waals surface area contributed by atoms with Crippen molar-refractivity contribution in [3.63, 3.8) is 0 Å². The van der Waals surface area contributed by atoms with Crippen LogP contribution in [0.15, 0.2) is 57.5 Å². The van der Waals surface area contributed by atoms with E-state index in [1.807, 2.05) is 29.6 Å². The number of hydrogen-bond acceptors (Lipinski definition) is 5. The SMILES string of the molecule is CN=C(NCCc1ccc(OC)cc1)NCc1coc(-c2cccs2)n1. The Labute approximate surface area is 156 Å². The summed E-state index contributed by atoms with van der Waals surface area (Å²) >= 11 is 1.61. The van der Waals surface area contributed by atoms with Gasteiger partial charge in [-0.15, -0.1) is 11.3 Å². The van der Waals surface area contributed by atoms with Gasteiger partial charge in [-0.2, -0.15) is 0 Å². The number of hydrogen-bond donors (Lipinski definition) is 2. The highest BCUT2D eigenvalue weighted by molar-refractivity contribution is 7.13. The van der Waals surface area contributed by atoms with E-state index in [1.54, 1.807) is 31.8 Å². The van der Waals surface area contributed by atoms with Gasteiger partial charge in [-0.25, -0.2) is 4.98 Å². The molecule has 7 heteroatoms. The van der Waals surface area contributed by atoms with Crippen LogP contribution in [0.1, 0.15) is 11.3 Å². The zero-order chi connectivity index (χ0) is 18.2. The van der Waals surface area contributed by atoms with Crippen LogP contribution in [0.3, 0.4) is 0 Å². The Balaban J connectivity index is 1.44. The molecule has 0 bridgehead atoms. The van der Waals surface area contributed by atoms with E-state index in [1.165, 1.54) is 5.56 Å². The molecule has 3 rings (SSSR count). The van der Waals surface area contributed by atoms with Crippen LogP contribution in [0.5, 0.6) is 5.75 Å². The molecule has 0 fully saturated rings. The Hall–Kier alpha value is -2.80. The molecule has 0 unspecified atom stereocenters. The molecule has 0 saturated carbocycles. The number of ether oxygens (including phenoxy) is 1. The lowest BCUT2D eigenvalue weighted by molar-refractivity contribution is 0.414. The van der Waals surface area contributed by atoms with Gasteiger partial charge >= 0.3 is 0 Å². The molecular weight excluding hydrogens is 348 g/mol. The molecule has 26 heavy (non-hydrogen) atoms. The van der Waals surface area contributed by atoms with Crippen molar-refractivity contribution in [2.24, 2.45) is 4.99 Å². The average Bonchev–Trinajstić information content (AvgIpc) is 3.36.